The first-order valence-electron chi connectivity index (χ1n) is 6.10. The number of fused-ring (bicyclic) bond motifs is 1. The van der Waals surface area contributed by atoms with Gasteiger partial charge in [0, 0.05) is 28.9 Å². The molecule has 2 rings (SSSR count). The van der Waals surface area contributed by atoms with Gasteiger partial charge in [-0.25, -0.2) is 9.97 Å². The highest BCUT2D eigenvalue weighted by molar-refractivity contribution is 5.24. The highest BCUT2D eigenvalue weighted by Gasteiger charge is 2.22. The van der Waals surface area contributed by atoms with Crippen molar-refractivity contribution >= 4 is 0 Å². The molecule has 3 heteroatoms. The summed E-state index contributed by atoms with van der Waals surface area (Å²) in [5.41, 5.74) is 8.47. The van der Waals surface area contributed by atoms with E-state index in [1.807, 2.05) is 6.20 Å². The molecule has 0 aliphatic heterocycles. The molecule has 16 heavy (non-hydrogen) atoms. The summed E-state index contributed by atoms with van der Waals surface area (Å²) >= 11 is 0. The normalized spacial score (nSPS) is 21.4. The molecular formula is C13H21N3. The number of aryl methyl sites for hydroxylation is 1. The zero-order valence-electron chi connectivity index (χ0n) is 10.5. The highest BCUT2D eigenvalue weighted by Crippen LogP contribution is 2.27. The first-order chi connectivity index (χ1) is 7.48. The fraction of sp³-hybridized carbons (Fsp3) is 0.692. The van der Waals surface area contributed by atoms with Crippen molar-refractivity contribution in [1.82, 2.24) is 9.97 Å². The second-order valence-electron chi connectivity index (χ2n) is 5.70. The van der Waals surface area contributed by atoms with Crippen LogP contribution in [0.2, 0.25) is 0 Å². The van der Waals surface area contributed by atoms with Crippen LogP contribution in [0.1, 0.15) is 63.2 Å². The molecule has 0 amide bonds. The van der Waals surface area contributed by atoms with Gasteiger partial charge in [-0.1, -0.05) is 27.2 Å². The molecule has 0 saturated heterocycles. The van der Waals surface area contributed by atoms with Gasteiger partial charge in [-0.05, 0) is 19.3 Å². The summed E-state index contributed by atoms with van der Waals surface area (Å²) < 4.78 is 0. The number of rotatable bonds is 0. The van der Waals surface area contributed by atoms with Crippen molar-refractivity contribution < 1.29 is 0 Å². The Hall–Kier alpha value is -0.960. The lowest BCUT2D eigenvalue weighted by molar-refractivity contribution is 0.538. The van der Waals surface area contributed by atoms with Gasteiger partial charge in [-0.3, -0.25) is 0 Å². The van der Waals surface area contributed by atoms with E-state index in [9.17, 15) is 0 Å². The molecular weight excluding hydrogens is 198 g/mol. The van der Waals surface area contributed by atoms with Crippen LogP contribution in [-0.4, -0.2) is 9.97 Å². The maximum atomic E-state index is 6.13. The summed E-state index contributed by atoms with van der Waals surface area (Å²) in [6, 6.07) is 0.131. The molecule has 1 aliphatic rings. The summed E-state index contributed by atoms with van der Waals surface area (Å²) in [4.78, 5) is 9.17. The smallest absolute Gasteiger partial charge is 0.133 e. The van der Waals surface area contributed by atoms with Gasteiger partial charge in [-0.15, -0.1) is 0 Å². The molecule has 1 atom stereocenters. The van der Waals surface area contributed by atoms with Crippen molar-refractivity contribution in [1.29, 1.82) is 0 Å². The maximum absolute atomic E-state index is 6.13. The zero-order chi connectivity index (χ0) is 11.8. The van der Waals surface area contributed by atoms with Crippen LogP contribution >= 0.6 is 0 Å². The number of hydrogen-bond acceptors (Lipinski definition) is 3. The van der Waals surface area contributed by atoms with E-state index in [-0.39, 0.29) is 11.5 Å². The maximum Gasteiger partial charge on any atom is 0.133 e. The quantitative estimate of drug-likeness (QED) is 0.682. The minimum Gasteiger partial charge on any atom is -0.324 e. The first kappa shape index (κ1) is 11.5. The Bertz CT molecular complexity index is 379. The molecule has 1 heterocycles. The predicted octanol–water partition coefficient (Wildman–Crippen LogP) is 2.50. The predicted molar refractivity (Wildman–Crippen MR) is 65.2 cm³/mol. The molecule has 0 aromatic carbocycles. The Morgan fingerprint density at radius 3 is 2.75 bits per heavy atom. The van der Waals surface area contributed by atoms with Gasteiger partial charge in [-0.2, -0.15) is 0 Å². The van der Waals surface area contributed by atoms with E-state index in [0.717, 1.165) is 24.2 Å². The van der Waals surface area contributed by atoms with E-state index in [2.05, 4.69) is 25.8 Å². The standard InChI is InChI=1S/C13H21N3/c1-13(2,3)12-15-8-9-10(14)6-4-5-7-11(9)16-12/h8,10H,4-7,14H2,1-3H3. The first-order valence-corrected chi connectivity index (χ1v) is 6.10. The van der Waals surface area contributed by atoms with Crippen LogP contribution in [0.4, 0.5) is 0 Å². The lowest BCUT2D eigenvalue weighted by Crippen LogP contribution is -2.19. The Morgan fingerprint density at radius 1 is 1.31 bits per heavy atom. The summed E-state index contributed by atoms with van der Waals surface area (Å²) in [6.45, 7) is 6.43. The number of nitrogens with zero attached hydrogens (tertiary/aromatic N) is 2. The van der Waals surface area contributed by atoms with Crippen LogP contribution in [0.3, 0.4) is 0 Å². The van der Waals surface area contributed by atoms with Crippen LogP contribution in [0.15, 0.2) is 6.20 Å². The Kier molecular flexibility index (Phi) is 2.98. The highest BCUT2D eigenvalue weighted by atomic mass is 14.9. The van der Waals surface area contributed by atoms with Crippen LogP contribution in [0, 0.1) is 0 Å². The third kappa shape index (κ3) is 2.24. The summed E-state index contributed by atoms with van der Waals surface area (Å²) in [5, 5.41) is 0. The van der Waals surface area contributed by atoms with Gasteiger partial charge in [0.15, 0.2) is 0 Å². The van der Waals surface area contributed by atoms with Gasteiger partial charge in [0.25, 0.3) is 0 Å². The third-order valence-corrected chi connectivity index (χ3v) is 3.15. The minimum atomic E-state index is 0.0193. The molecule has 3 nitrogen and oxygen atoms in total. The summed E-state index contributed by atoms with van der Waals surface area (Å²) in [7, 11) is 0. The molecule has 0 spiro atoms. The van der Waals surface area contributed by atoms with E-state index in [0.29, 0.717) is 0 Å². The van der Waals surface area contributed by atoms with Crippen LogP contribution < -0.4 is 5.73 Å². The van der Waals surface area contributed by atoms with Crippen molar-refractivity contribution in [2.45, 2.75) is 57.9 Å². The largest absolute Gasteiger partial charge is 0.324 e. The van der Waals surface area contributed by atoms with Crippen LogP contribution in [0.5, 0.6) is 0 Å². The van der Waals surface area contributed by atoms with E-state index in [1.165, 1.54) is 18.5 Å². The van der Waals surface area contributed by atoms with Gasteiger partial charge >= 0.3 is 0 Å². The van der Waals surface area contributed by atoms with Gasteiger partial charge in [0.1, 0.15) is 5.82 Å². The lowest BCUT2D eigenvalue weighted by atomic mass is 9.95. The van der Waals surface area contributed by atoms with E-state index in [4.69, 9.17) is 10.7 Å². The second-order valence-corrected chi connectivity index (χ2v) is 5.70. The molecule has 1 aromatic rings. The SMILES string of the molecule is CC(C)(C)c1ncc2c(n1)CCCCC2N. The molecule has 0 fully saturated rings. The molecule has 0 bridgehead atoms. The van der Waals surface area contributed by atoms with Gasteiger partial charge in [0.2, 0.25) is 0 Å². The van der Waals surface area contributed by atoms with Crippen molar-refractivity contribution in [3.05, 3.63) is 23.3 Å². The van der Waals surface area contributed by atoms with Crippen LogP contribution in [-0.2, 0) is 11.8 Å². The van der Waals surface area contributed by atoms with Crippen molar-refractivity contribution in [2.75, 3.05) is 0 Å². The van der Waals surface area contributed by atoms with Crippen molar-refractivity contribution in [2.24, 2.45) is 5.73 Å². The van der Waals surface area contributed by atoms with Crippen molar-refractivity contribution in [3.8, 4) is 0 Å². The molecule has 0 radical (unpaired) electrons. The molecule has 88 valence electrons. The Balaban J connectivity index is 2.41. The molecule has 1 unspecified atom stereocenters. The number of aromatic nitrogens is 2. The molecule has 2 N–H and O–H groups in total. The lowest BCUT2D eigenvalue weighted by Gasteiger charge is -2.19. The molecule has 1 aliphatic carbocycles. The van der Waals surface area contributed by atoms with E-state index in [1.54, 1.807) is 0 Å². The average molecular weight is 219 g/mol. The summed E-state index contributed by atoms with van der Waals surface area (Å²) in [6.07, 6.45) is 6.45. The Labute approximate surface area is 97.5 Å². The number of hydrogen-bond donors (Lipinski definition) is 1. The monoisotopic (exact) mass is 219 g/mol. The van der Waals surface area contributed by atoms with E-state index < -0.39 is 0 Å². The minimum absolute atomic E-state index is 0.0193. The Morgan fingerprint density at radius 2 is 2.06 bits per heavy atom. The third-order valence-electron chi connectivity index (χ3n) is 3.15. The van der Waals surface area contributed by atoms with Crippen molar-refractivity contribution in [3.63, 3.8) is 0 Å². The number of nitrogens with two attached hydrogens (primary N) is 1. The summed E-state index contributed by atoms with van der Waals surface area (Å²) in [5.74, 6) is 0.931. The average Bonchev–Trinajstić information content (AvgIpc) is 2.39. The van der Waals surface area contributed by atoms with Gasteiger partial charge in [0.05, 0.1) is 0 Å². The van der Waals surface area contributed by atoms with Gasteiger partial charge < -0.3 is 5.73 Å². The fourth-order valence-corrected chi connectivity index (χ4v) is 2.11. The fourth-order valence-electron chi connectivity index (χ4n) is 2.11. The zero-order valence-corrected chi connectivity index (χ0v) is 10.5. The van der Waals surface area contributed by atoms with E-state index >= 15 is 0 Å². The molecule has 1 aromatic heterocycles. The van der Waals surface area contributed by atoms with Crippen LogP contribution in [0.25, 0.3) is 0 Å². The second kappa shape index (κ2) is 4.13. The topological polar surface area (TPSA) is 51.8 Å². The molecule has 0 saturated carbocycles.